The molecule has 0 radical (unpaired) electrons. The van der Waals surface area contributed by atoms with Gasteiger partial charge in [-0.3, -0.25) is 4.68 Å². The molecule has 0 aliphatic heterocycles. The second-order valence-electron chi connectivity index (χ2n) is 5.06. The lowest BCUT2D eigenvalue weighted by Gasteiger charge is -2.14. The highest BCUT2D eigenvalue weighted by atomic mass is 19.1. The van der Waals surface area contributed by atoms with Gasteiger partial charge in [0, 0.05) is 24.2 Å². The Morgan fingerprint density at radius 2 is 2.10 bits per heavy atom. The van der Waals surface area contributed by atoms with Crippen LogP contribution in [0.15, 0.2) is 24.3 Å². The molecule has 0 saturated heterocycles. The highest BCUT2D eigenvalue weighted by Gasteiger charge is 2.12. The monoisotopic (exact) mass is 291 g/mol. The van der Waals surface area contributed by atoms with Crippen molar-refractivity contribution in [3.05, 3.63) is 47.0 Å². The molecule has 21 heavy (non-hydrogen) atoms. The maximum atomic E-state index is 13.4. The van der Waals surface area contributed by atoms with Crippen LogP contribution in [0.4, 0.5) is 4.39 Å². The van der Waals surface area contributed by atoms with Crippen LogP contribution in [0.2, 0.25) is 0 Å². The van der Waals surface area contributed by atoms with Crippen molar-refractivity contribution in [1.82, 2.24) is 9.78 Å². The predicted molar refractivity (Wildman–Crippen MR) is 80.6 cm³/mol. The first kappa shape index (κ1) is 15.5. The maximum Gasteiger partial charge on any atom is 0.130 e. The van der Waals surface area contributed by atoms with E-state index in [0.717, 1.165) is 29.9 Å². The van der Waals surface area contributed by atoms with Crippen molar-refractivity contribution >= 4 is 0 Å². The summed E-state index contributed by atoms with van der Waals surface area (Å²) in [6.07, 6.45) is 0.880. The third-order valence-electron chi connectivity index (χ3n) is 3.42. The predicted octanol–water partition coefficient (Wildman–Crippen LogP) is 3.20. The van der Waals surface area contributed by atoms with E-state index >= 15 is 0 Å². The van der Waals surface area contributed by atoms with Crippen molar-refractivity contribution in [2.24, 2.45) is 5.73 Å². The summed E-state index contributed by atoms with van der Waals surface area (Å²) < 4.78 is 21.1. The fourth-order valence-corrected chi connectivity index (χ4v) is 2.24. The Bertz CT molecular complexity index is 608. The summed E-state index contributed by atoms with van der Waals surface area (Å²) in [7, 11) is 0. The molecule has 0 aliphatic carbocycles. The number of nitrogens with two attached hydrogens (primary N) is 1. The van der Waals surface area contributed by atoms with E-state index in [1.54, 1.807) is 6.07 Å². The van der Waals surface area contributed by atoms with Gasteiger partial charge in [0.15, 0.2) is 0 Å². The van der Waals surface area contributed by atoms with Crippen LogP contribution in [-0.4, -0.2) is 9.78 Å². The molecule has 0 bridgehead atoms. The van der Waals surface area contributed by atoms with Crippen LogP contribution in [0, 0.1) is 5.82 Å². The normalized spacial score (nSPS) is 12.4. The van der Waals surface area contributed by atoms with Gasteiger partial charge >= 0.3 is 0 Å². The molecule has 114 valence electrons. The van der Waals surface area contributed by atoms with Crippen LogP contribution >= 0.6 is 0 Å². The lowest BCUT2D eigenvalue weighted by atomic mass is 10.1. The van der Waals surface area contributed by atoms with Crippen molar-refractivity contribution < 1.29 is 9.13 Å². The summed E-state index contributed by atoms with van der Waals surface area (Å²) in [5.41, 5.74) is 8.71. The van der Waals surface area contributed by atoms with Gasteiger partial charge in [-0.1, -0.05) is 13.0 Å². The largest absolute Gasteiger partial charge is 0.487 e. The number of halogens is 1. The minimum absolute atomic E-state index is 0.206. The van der Waals surface area contributed by atoms with E-state index in [2.05, 4.69) is 12.0 Å². The number of aromatic nitrogens is 2. The van der Waals surface area contributed by atoms with Crippen molar-refractivity contribution in [3.8, 4) is 5.75 Å². The van der Waals surface area contributed by atoms with Crippen LogP contribution in [0.25, 0.3) is 0 Å². The van der Waals surface area contributed by atoms with Gasteiger partial charge < -0.3 is 10.5 Å². The lowest BCUT2D eigenvalue weighted by Crippen LogP contribution is -2.10. The molecule has 1 atom stereocenters. The van der Waals surface area contributed by atoms with Crippen LogP contribution in [0.1, 0.15) is 43.8 Å². The summed E-state index contributed by atoms with van der Waals surface area (Å²) in [6.45, 7) is 7.08. The summed E-state index contributed by atoms with van der Waals surface area (Å²) in [6, 6.07) is 6.27. The van der Waals surface area contributed by atoms with Gasteiger partial charge in [0.1, 0.15) is 18.2 Å². The Balaban J connectivity index is 2.19. The van der Waals surface area contributed by atoms with Crippen LogP contribution in [0.3, 0.4) is 0 Å². The molecular formula is C16H22FN3O. The molecule has 0 spiro atoms. The smallest absolute Gasteiger partial charge is 0.130 e. The average Bonchev–Trinajstić information content (AvgIpc) is 2.87. The number of ether oxygens (including phenoxy) is 1. The zero-order chi connectivity index (χ0) is 15.4. The van der Waals surface area contributed by atoms with Crippen molar-refractivity contribution in [1.29, 1.82) is 0 Å². The summed E-state index contributed by atoms with van der Waals surface area (Å²) in [4.78, 5) is 0. The third kappa shape index (κ3) is 3.61. The Kier molecular flexibility index (Phi) is 4.96. The van der Waals surface area contributed by atoms with E-state index in [0.29, 0.717) is 12.4 Å². The van der Waals surface area contributed by atoms with Crippen molar-refractivity contribution in [2.75, 3.05) is 0 Å². The lowest BCUT2D eigenvalue weighted by molar-refractivity contribution is 0.287. The number of hydrogen-bond donors (Lipinski definition) is 1. The summed E-state index contributed by atoms with van der Waals surface area (Å²) >= 11 is 0. The molecule has 2 aromatic rings. The van der Waals surface area contributed by atoms with Gasteiger partial charge in [0.25, 0.3) is 0 Å². The van der Waals surface area contributed by atoms with Crippen LogP contribution in [0.5, 0.6) is 5.75 Å². The van der Waals surface area contributed by atoms with E-state index in [1.807, 2.05) is 24.6 Å². The molecule has 4 nitrogen and oxygen atoms in total. The van der Waals surface area contributed by atoms with Crippen molar-refractivity contribution in [2.45, 2.75) is 46.4 Å². The van der Waals surface area contributed by atoms with E-state index in [1.165, 1.54) is 12.1 Å². The number of aryl methyl sites for hydroxylation is 2. The highest BCUT2D eigenvalue weighted by molar-refractivity contribution is 5.36. The Hall–Kier alpha value is -1.88. The molecule has 0 unspecified atom stereocenters. The zero-order valence-electron chi connectivity index (χ0n) is 12.8. The van der Waals surface area contributed by atoms with E-state index in [4.69, 9.17) is 10.5 Å². The van der Waals surface area contributed by atoms with Gasteiger partial charge in [-0.2, -0.15) is 5.10 Å². The Morgan fingerprint density at radius 1 is 1.33 bits per heavy atom. The zero-order valence-corrected chi connectivity index (χ0v) is 12.8. The fraction of sp³-hybridized carbons (Fsp3) is 0.438. The standard InChI is InChI=1S/C16H22FN3O/c1-4-13-9-14(20(5-2)19-13)10-21-16-8-12(17)6-7-15(16)11(3)18/h6-9,11H,4-5,10,18H2,1-3H3/t11-/m1/s1. The third-order valence-corrected chi connectivity index (χ3v) is 3.42. The number of nitrogens with zero attached hydrogens (tertiary/aromatic N) is 2. The molecule has 0 amide bonds. The average molecular weight is 291 g/mol. The van der Waals surface area contributed by atoms with Gasteiger partial charge in [0.2, 0.25) is 0 Å². The SMILES string of the molecule is CCc1cc(COc2cc(F)ccc2[C@@H](C)N)n(CC)n1. The molecule has 1 aromatic heterocycles. The van der Waals surface area contributed by atoms with Gasteiger partial charge in [-0.05, 0) is 32.4 Å². The number of rotatable bonds is 6. The molecule has 0 fully saturated rings. The first-order valence-corrected chi connectivity index (χ1v) is 7.28. The fourth-order valence-electron chi connectivity index (χ4n) is 2.24. The molecule has 0 aliphatic rings. The topological polar surface area (TPSA) is 53.1 Å². The van der Waals surface area contributed by atoms with E-state index in [-0.39, 0.29) is 11.9 Å². The first-order chi connectivity index (χ1) is 10.0. The van der Waals surface area contributed by atoms with Gasteiger partial charge in [-0.15, -0.1) is 0 Å². The molecular weight excluding hydrogens is 269 g/mol. The molecule has 1 aromatic carbocycles. The quantitative estimate of drug-likeness (QED) is 0.889. The van der Waals surface area contributed by atoms with E-state index in [9.17, 15) is 4.39 Å². The van der Waals surface area contributed by atoms with Crippen LogP contribution in [-0.2, 0) is 19.6 Å². The van der Waals surface area contributed by atoms with Gasteiger partial charge in [0.05, 0.1) is 11.4 Å². The van der Waals surface area contributed by atoms with Crippen molar-refractivity contribution in [3.63, 3.8) is 0 Å². The number of benzene rings is 1. The summed E-state index contributed by atoms with van der Waals surface area (Å²) in [5.74, 6) is 0.166. The number of hydrogen-bond acceptors (Lipinski definition) is 3. The highest BCUT2D eigenvalue weighted by Crippen LogP contribution is 2.25. The summed E-state index contributed by atoms with van der Waals surface area (Å²) in [5, 5.41) is 4.47. The Morgan fingerprint density at radius 3 is 2.71 bits per heavy atom. The second-order valence-corrected chi connectivity index (χ2v) is 5.06. The van der Waals surface area contributed by atoms with E-state index < -0.39 is 0 Å². The molecule has 2 rings (SSSR count). The molecule has 1 heterocycles. The maximum absolute atomic E-state index is 13.4. The molecule has 0 saturated carbocycles. The minimum Gasteiger partial charge on any atom is -0.487 e. The Labute approximate surface area is 124 Å². The first-order valence-electron chi connectivity index (χ1n) is 7.28. The van der Waals surface area contributed by atoms with Gasteiger partial charge in [-0.25, -0.2) is 4.39 Å². The molecule has 2 N–H and O–H groups in total. The second kappa shape index (κ2) is 6.72. The molecule has 5 heteroatoms. The van der Waals surface area contributed by atoms with Crippen LogP contribution < -0.4 is 10.5 Å². The minimum atomic E-state index is -0.326.